The molecule has 0 atom stereocenters. The van der Waals surface area contributed by atoms with Crippen LogP contribution in [0.25, 0.3) is 11.3 Å². The molecule has 1 aliphatic rings. The molecule has 2 N–H and O–H groups in total. The molecule has 0 fully saturated rings. The lowest BCUT2D eigenvalue weighted by molar-refractivity contribution is 0.288. The molecule has 21 heavy (non-hydrogen) atoms. The topological polar surface area (TPSA) is 59.2 Å². The number of nitrogens with zero attached hydrogens (tertiary/aromatic N) is 1. The van der Waals surface area contributed by atoms with E-state index in [0.29, 0.717) is 13.2 Å². The smallest absolute Gasteiger partial charge is 0.161 e. The number of hydrogen-bond acceptors (Lipinski definition) is 4. The summed E-state index contributed by atoms with van der Waals surface area (Å²) in [6, 6.07) is 6.01. The maximum absolute atomic E-state index is 5.69. The number of aromatic nitrogens is 2. The standard InChI is InChI=1S/C16H21N3O2/c1-3-20-14-6-5-11(9-15(14)21-4-2)16-12-10-17-8-7-13(12)18-19-16/h5-6,9,17H,3-4,7-8,10H2,1-2H3,(H,18,19). The molecule has 1 aliphatic heterocycles. The second-order valence-electron chi connectivity index (χ2n) is 4.98. The van der Waals surface area contributed by atoms with Crippen LogP contribution in [0.4, 0.5) is 0 Å². The molecule has 0 radical (unpaired) electrons. The minimum atomic E-state index is 0.615. The third-order valence-corrected chi connectivity index (χ3v) is 3.62. The van der Waals surface area contributed by atoms with Gasteiger partial charge in [-0.1, -0.05) is 0 Å². The average molecular weight is 287 g/mol. The summed E-state index contributed by atoms with van der Waals surface area (Å²) in [4.78, 5) is 0. The molecule has 2 heterocycles. The fourth-order valence-corrected chi connectivity index (χ4v) is 2.66. The van der Waals surface area contributed by atoms with Crippen molar-refractivity contribution >= 4 is 0 Å². The van der Waals surface area contributed by atoms with Crippen molar-refractivity contribution in [3.63, 3.8) is 0 Å². The lowest BCUT2D eigenvalue weighted by atomic mass is 10.0. The highest BCUT2D eigenvalue weighted by Gasteiger charge is 2.18. The molecule has 0 saturated heterocycles. The Morgan fingerprint density at radius 2 is 1.95 bits per heavy atom. The van der Waals surface area contributed by atoms with Crippen LogP contribution < -0.4 is 14.8 Å². The number of benzene rings is 1. The zero-order chi connectivity index (χ0) is 14.7. The van der Waals surface area contributed by atoms with Gasteiger partial charge in [-0.3, -0.25) is 5.10 Å². The first kappa shape index (κ1) is 13.9. The van der Waals surface area contributed by atoms with E-state index in [1.54, 1.807) is 0 Å². The Morgan fingerprint density at radius 1 is 1.14 bits per heavy atom. The summed E-state index contributed by atoms with van der Waals surface area (Å²) in [7, 11) is 0. The monoisotopic (exact) mass is 287 g/mol. The summed E-state index contributed by atoms with van der Waals surface area (Å²) in [5, 5.41) is 11.0. The van der Waals surface area contributed by atoms with Crippen molar-refractivity contribution in [2.45, 2.75) is 26.8 Å². The highest BCUT2D eigenvalue weighted by atomic mass is 16.5. The Balaban J connectivity index is 1.98. The summed E-state index contributed by atoms with van der Waals surface area (Å²) in [5.41, 5.74) is 4.55. The number of hydrogen-bond donors (Lipinski definition) is 2. The second kappa shape index (κ2) is 6.18. The number of rotatable bonds is 5. The number of H-pyrrole nitrogens is 1. The Hall–Kier alpha value is -2.01. The fourth-order valence-electron chi connectivity index (χ4n) is 2.66. The predicted molar refractivity (Wildman–Crippen MR) is 81.8 cm³/mol. The second-order valence-corrected chi connectivity index (χ2v) is 4.98. The van der Waals surface area contributed by atoms with Crippen LogP contribution in [-0.4, -0.2) is 30.0 Å². The summed E-state index contributed by atoms with van der Waals surface area (Å²) in [6.07, 6.45) is 0.998. The van der Waals surface area contributed by atoms with Crippen LogP contribution >= 0.6 is 0 Å². The summed E-state index contributed by atoms with van der Waals surface area (Å²) >= 11 is 0. The van der Waals surface area contributed by atoms with Gasteiger partial charge in [0.2, 0.25) is 0 Å². The van der Waals surface area contributed by atoms with Crippen LogP contribution in [0, 0.1) is 0 Å². The normalized spacial score (nSPS) is 13.8. The maximum atomic E-state index is 5.69. The third kappa shape index (κ3) is 2.74. The van der Waals surface area contributed by atoms with Crippen LogP contribution in [0.2, 0.25) is 0 Å². The van der Waals surface area contributed by atoms with Crippen molar-refractivity contribution in [2.75, 3.05) is 19.8 Å². The summed E-state index contributed by atoms with van der Waals surface area (Å²) < 4.78 is 11.3. The van der Waals surface area contributed by atoms with E-state index in [2.05, 4.69) is 15.5 Å². The molecular weight excluding hydrogens is 266 g/mol. The van der Waals surface area contributed by atoms with Gasteiger partial charge < -0.3 is 14.8 Å². The first-order valence-corrected chi connectivity index (χ1v) is 7.50. The maximum Gasteiger partial charge on any atom is 0.161 e. The van der Waals surface area contributed by atoms with Gasteiger partial charge in [-0.15, -0.1) is 0 Å². The van der Waals surface area contributed by atoms with E-state index in [1.165, 1.54) is 11.3 Å². The van der Waals surface area contributed by atoms with E-state index in [1.807, 2.05) is 32.0 Å². The van der Waals surface area contributed by atoms with E-state index >= 15 is 0 Å². The van der Waals surface area contributed by atoms with Gasteiger partial charge >= 0.3 is 0 Å². The number of ether oxygens (including phenoxy) is 2. The predicted octanol–water partition coefficient (Wildman–Crippen LogP) is 2.52. The SMILES string of the molecule is CCOc1ccc(-c2n[nH]c3c2CNCC3)cc1OCC. The first-order chi connectivity index (χ1) is 10.3. The Labute approximate surface area is 124 Å². The van der Waals surface area contributed by atoms with Gasteiger partial charge in [0.25, 0.3) is 0 Å². The van der Waals surface area contributed by atoms with Crippen molar-refractivity contribution in [1.29, 1.82) is 0 Å². The largest absolute Gasteiger partial charge is 0.490 e. The van der Waals surface area contributed by atoms with Crippen molar-refractivity contribution in [3.8, 4) is 22.8 Å². The van der Waals surface area contributed by atoms with Crippen molar-refractivity contribution in [1.82, 2.24) is 15.5 Å². The molecule has 1 aromatic heterocycles. The molecule has 0 aliphatic carbocycles. The minimum Gasteiger partial charge on any atom is -0.490 e. The quantitative estimate of drug-likeness (QED) is 0.887. The van der Waals surface area contributed by atoms with E-state index < -0.39 is 0 Å². The van der Waals surface area contributed by atoms with Gasteiger partial charge in [-0.05, 0) is 32.0 Å². The van der Waals surface area contributed by atoms with E-state index in [9.17, 15) is 0 Å². The van der Waals surface area contributed by atoms with Gasteiger partial charge in [0.15, 0.2) is 11.5 Å². The molecule has 0 bridgehead atoms. The van der Waals surface area contributed by atoms with E-state index in [4.69, 9.17) is 9.47 Å². The van der Waals surface area contributed by atoms with Crippen molar-refractivity contribution < 1.29 is 9.47 Å². The van der Waals surface area contributed by atoms with Crippen LogP contribution in [-0.2, 0) is 13.0 Å². The zero-order valence-electron chi connectivity index (χ0n) is 12.5. The number of aromatic amines is 1. The van der Waals surface area contributed by atoms with Gasteiger partial charge in [-0.25, -0.2) is 0 Å². The molecule has 0 saturated carbocycles. The Morgan fingerprint density at radius 3 is 2.76 bits per heavy atom. The number of fused-ring (bicyclic) bond motifs is 1. The van der Waals surface area contributed by atoms with Gasteiger partial charge in [0, 0.05) is 36.3 Å². The summed E-state index contributed by atoms with van der Waals surface area (Å²) in [6.45, 7) is 7.05. The summed E-state index contributed by atoms with van der Waals surface area (Å²) in [5.74, 6) is 1.56. The molecule has 0 unspecified atom stereocenters. The average Bonchev–Trinajstić information content (AvgIpc) is 2.93. The fraction of sp³-hybridized carbons (Fsp3) is 0.438. The molecular formula is C16H21N3O2. The highest BCUT2D eigenvalue weighted by Crippen LogP contribution is 2.34. The van der Waals surface area contributed by atoms with Crippen LogP contribution in [0.5, 0.6) is 11.5 Å². The molecule has 0 spiro atoms. The molecule has 5 heteroatoms. The van der Waals surface area contributed by atoms with Crippen molar-refractivity contribution in [3.05, 3.63) is 29.5 Å². The van der Waals surface area contributed by atoms with Gasteiger partial charge in [0.05, 0.1) is 18.9 Å². The Bertz CT molecular complexity index is 622. The molecule has 3 rings (SSSR count). The molecule has 1 aromatic carbocycles. The lowest BCUT2D eigenvalue weighted by Gasteiger charge is -2.14. The minimum absolute atomic E-state index is 0.615. The van der Waals surface area contributed by atoms with Crippen LogP contribution in [0.1, 0.15) is 25.1 Å². The van der Waals surface area contributed by atoms with E-state index in [-0.39, 0.29) is 0 Å². The Kier molecular flexibility index (Phi) is 4.10. The first-order valence-electron chi connectivity index (χ1n) is 7.50. The van der Waals surface area contributed by atoms with Crippen LogP contribution in [0.3, 0.4) is 0 Å². The van der Waals surface area contributed by atoms with Crippen molar-refractivity contribution in [2.24, 2.45) is 0 Å². The van der Waals surface area contributed by atoms with Gasteiger partial charge in [0.1, 0.15) is 0 Å². The van der Waals surface area contributed by atoms with E-state index in [0.717, 1.165) is 42.3 Å². The molecule has 0 amide bonds. The third-order valence-electron chi connectivity index (χ3n) is 3.62. The van der Waals surface area contributed by atoms with Gasteiger partial charge in [-0.2, -0.15) is 5.10 Å². The lowest BCUT2D eigenvalue weighted by Crippen LogP contribution is -2.23. The molecule has 2 aromatic rings. The highest BCUT2D eigenvalue weighted by molar-refractivity contribution is 5.67. The molecule has 5 nitrogen and oxygen atoms in total. The van der Waals surface area contributed by atoms with Crippen LogP contribution in [0.15, 0.2) is 18.2 Å². The molecule has 112 valence electrons. The zero-order valence-corrected chi connectivity index (χ0v) is 12.5. The number of nitrogens with one attached hydrogen (secondary N) is 2.